The quantitative estimate of drug-likeness (QED) is 0.596. The fourth-order valence-electron chi connectivity index (χ4n) is 2.58. The molecule has 1 heterocycles. The smallest absolute Gasteiger partial charge is 0.372 e. The SMILES string of the molecule is COc1ncnc(NCC2(C(=O)O)CCCC2)c1[N+](=O)[O-]. The number of aromatic nitrogens is 2. The van der Waals surface area contributed by atoms with E-state index in [4.69, 9.17) is 4.74 Å². The van der Waals surface area contributed by atoms with E-state index in [1.807, 2.05) is 0 Å². The number of nitro groups is 1. The van der Waals surface area contributed by atoms with Crippen LogP contribution in [0.25, 0.3) is 0 Å². The summed E-state index contributed by atoms with van der Waals surface area (Å²) in [6.07, 6.45) is 3.90. The minimum atomic E-state index is -0.897. The number of nitrogens with zero attached hydrogens (tertiary/aromatic N) is 3. The summed E-state index contributed by atoms with van der Waals surface area (Å²) in [5.41, 5.74) is -1.29. The van der Waals surface area contributed by atoms with Crippen LogP contribution in [-0.4, -0.2) is 39.6 Å². The van der Waals surface area contributed by atoms with E-state index in [0.29, 0.717) is 12.8 Å². The van der Waals surface area contributed by atoms with Crippen LogP contribution >= 0.6 is 0 Å². The van der Waals surface area contributed by atoms with Crippen molar-refractivity contribution in [2.24, 2.45) is 5.41 Å². The maximum absolute atomic E-state index is 11.5. The number of carboxylic acids is 1. The largest absolute Gasteiger partial charge is 0.481 e. The van der Waals surface area contributed by atoms with E-state index in [1.54, 1.807) is 0 Å². The third-order valence-corrected chi connectivity index (χ3v) is 3.77. The van der Waals surface area contributed by atoms with Gasteiger partial charge in [-0.2, -0.15) is 4.98 Å². The summed E-state index contributed by atoms with van der Waals surface area (Å²) in [6, 6.07) is 0. The van der Waals surface area contributed by atoms with Gasteiger partial charge in [-0.3, -0.25) is 14.9 Å². The van der Waals surface area contributed by atoms with Crippen LogP contribution in [0.5, 0.6) is 5.88 Å². The zero-order chi connectivity index (χ0) is 15.5. The number of carbonyl (C=O) groups is 1. The summed E-state index contributed by atoms with van der Waals surface area (Å²) in [5, 5.41) is 23.3. The Kier molecular flexibility index (Phi) is 4.20. The van der Waals surface area contributed by atoms with Crippen molar-refractivity contribution in [2.45, 2.75) is 25.7 Å². The highest BCUT2D eigenvalue weighted by molar-refractivity contribution is 5.76. The highest BCUT2D eigenvalue weighted by atomic mass is 16.6. The third-order valence-electron chi connectivity index (χ3n) is 3.77. The van der Waals surface area contributed by atoms with Crippen molar-refractivity contribution in [3.63, 3.8) is 0 Å². The maximum Gasteiger partial charge on any atom is 0.372 e. The van der Waals surface area contributed by atoms with E-state index >= 15 is 0 Å². The normalized spacial score (nSPS) is 16.4. The topological polar surface area (TPSA) is 127 Å². The van der Waals surface area contributed by atoms with Gasteiger partial charge >= 0.3 is 11.7 Å². The molecular weight excluding hydrogens is 280 g/mol. The maximum atomic E-state index is 11.5. The van der Waals surface area contributed by atoms with Crippen molar-refractivity contribution in [3.8, 4) is 5.88 Å². The van der Waals surface area contributed by atoms with Crippen molar-refractivity contribution in [1.82, 2.24) is 9.97 Å². The van der Waals surface area contributed by atoms with E-state index in [-0.39, 0.29) is 18.2 Å². The lowest BCUT2D eigenvalue weighted by molar-refractivity contribution is -0.385. The minimum Gasteiger partial charge on any atom is -0.481 e. The zero-order valence-corrected chi connectivity index (χ0v) is 11.5. The first kappa shape index (κ1) is 14.9. The van der Waals surface area contributed by atoms with Crippen LogP contribution in [0.4, 0.5) is 11.5 Å². The van der Waals surface area contributed by atoms with Crippen LogP contribution in [0.1, 0.15) is 25.7 Å². The standard InChI is InChI=1S/C12H16N4O5/c1-21-10-8(16(19)20)9(14-7-15-10)13-6-12(11(17)18)4-2-3-5-12/h7H,2-6H2,1H3,(H,17,18)(H,13,14,15). The molecule has 1 aromatic rings. The highest BCUT2D eigenvalue weighted by Gasteiger charge is 2.41. The molecule has 0 saturated heterocycles. The molecule has 0 spiro atoms. The van der Waals surface area contributed by atoms with E-state index < -0.39 is 22.0 Å². The number of rotatable bonds is 6. The van der Waals surface area contributed by atoms with Crippen LogP contribution in [0.15, 0.2) is 6.33 Å². The summed E-state index contributed by atoms with van der Waals surface area (Å²) >= 11 is 0. The van der Waals surface area contributed by atoms with Gasteiger partial charge in [-0.25, -0.2) is 4.98 Å². The molecule has 0 bridgehead atoms. The van der Waals surface area contributed by atoms with Gasteiger partial charge in [0.25, 0.3) is 5.88 Å². The molecule has 2 N–H and O–H groups in total. The third kappa shape index (κ3) is 2.86. The van der Waals surface area contributed by atoms with E-state index in [2.05, 4.69) is 15.3 Å². The van der Waals surface area contributed by atoms with Crippen LogP contribution in [0.3, 0.4) is 0 Å². The number of aliphatic carboxylic acids is 1. The molecule has 1 fully saturated rings. The molecule has 114 valence electrons. The number of nitrogens with one attached hydrogen (secondary N) is 1. The molecule has 0 radical (unpaired) electrons. The van der Waals surface area contributed by atoms with Crippen molar-refractivity contribution < 1.29 is 19.6 Å². The van der Waals surface area contributed by atoms with Crippen LogP contribution in [0.2, 0.25) is 0 Å². The van der Waals surface area contributed by atoms with Crippen LogP contribution in [0, 0.1) is 15.5 Å². The summed E-state index contributed by atoms with van der Waals surface area (Å²) in [4.78, 5) is 29.4. The van der Waals surface area contributed by atoms with Crippen molar-refractivity contribution in [2.75, 3.05) is 19.0 Å². The molecular formula is C12H16N4O5. The van der Waals surface area contributed by atoms with Gasteiger partial charge in [0, 0.05) is 6.54 Å². The van der Waals surface area contributed by atoms with E-state index in [0.717, 1.165) is 19.2 Å². The molecule has 9 nitrogen and oxygen atoms in total. The molecule has 0 aromatic carbocycles. The van der Waals surface area contributed by atoms with Gasteiger partial charge in [0.1, 0.15) is 6.33 Å². The van der Waals surface area contributed by atoms with Gasteiger partial charge in [-0.15, -0.1) is 0 Å². The fraction of sp³-hybridized carbons (Fsp3) is 0.583. The fourth-order valence-corrected chi connectivity index (χ4v) is 2.58. The highest BCUT2D eigenvalue weighted by Crippen LogP contribution is 2.39. The van der Waals surface area contributed by atoms with E-state index in [1.165, 1.54) is 7.11 Å². The molecule has 21 heavy (non-hydrogen) atoms. The first-order valence-electron chi connectivity index (χ1n) is 6.51. The Morgan fingerprint density at radius 2 is 2.19 bits per heavy atom. The Morgan fingerprint density at radius 3 is 2.71 bits per heavy atom. The van der Waals surface area contributed by atoms with Gasteiger partial charge in [0.05, 0.1) is 17.4 Å². The summed E-state index contributed by atoms with van der Waals surface area (Å²) < 4.78 is 4.84. The first-order valence-corrected chi connectivity index (χ1v) is 6.51. The van der Waals surface area contributed by atoms with Crippen molar-refractivity contribution in [1.29, 1.82) is 0 Å². The average molecular weight is 296 g/mol. The number of anilines is 1. The Morgan fingerprint density at radius 1 is 1.52 bits per heavy atom. The molecule has 9 heteroatoms. The number of ether oxygens (including phenoxy) is 1. The zero-order valence-electron chi connectivity index (χ0n) is 11.5. The van der Waals surface area contributed by atoms with Gasteiger partial charge in [0.2, 0.25) is 5.82 Å². The molecule has 2 rings (SSSR count). The van der Waals surface area contributed by atoms with Gasteiger partial charge in [0.15, 0.2) is 0 Å². The number of methoxy groups -OCH3 is 1. The van der Waals surface area contributed by atoms with Crippen LogP contribution < -0.4 is 10.1 Å². The van der Waals surface area contributed by atoms with Gasteiger partial charge < -0.3 is 15.2 Å². The Balaban J connectivity index is 2.24. The second-order valence-electron chi connectivity index (χ2n) is 4.98. The predicted octanol–water partition coefficient (Wildman–Crippen LogP) is 1.45. The Labute approximate surface area is 120 Å². The lowest BCUT2D eigenvalue weighted by atomic mass is 9.86. The van der Waals surface area contributed by atoms with E-state index in [9.17, 15) is 20.0 Å². The molecule has 1 aliphatic carbocycles. The summed E-state index contributed by atoms with van der Waals surface area (Å²) in [7, 11) is 1.27. The second kappa shape index (κ2) is 5.90. The molecule has 0 unspecified atom stereocenters. The average Bonchev–Trinajstić information content (AvgIpc) is 2.94. The van der Waals surface area contributed by atoms with Crippen molar-refractivity contribution >= 4 is 17.5 Å². The molecule has 1 aliphatic rings. The summed E-state index contributed by atoms with van der Waals surface area (Å²) in [5.74, 6) is -1.08. The van der Waals surface area contributed by atoms with Gasteiger partial charge in [-0.1, -0.05) is 12.8 Å². The molecule has 1 aromatic heterocycles. The molecule has 0 atom stereocenters. The number of hydrogen-bond acceptors (Lipinski definition) is 7. The monoisotopic (exact) mass is 296 g/mol. The first-order chi connectivity index (χ1) is 10.00. The summed E-state index contributed by atoms with van der Waals surface area (Å²) in [6.45, 7) is 0.0866. The molecule has 0 aliphatic heterocycles. The minimum absolute atomic E-state index is 0.0284. The molecule has 1 saturated carbocycles. The Bertz CT molecular complexity index is 557. The van der Waals surface area contributed by atoms with Gasteiger partial charge in [-0.05, 0) is 12.8 Å². The lowest BCUT2D eigenvalue weighted by Gasteiger charge is -2.24. The lowest BCUT2D eigenvalue weighted by Crippen LogP contribution is -2.35. The number of hydrogen-bond donors (Lipinski definition) is 2. The predicted molar refractivity (Wildman–Crippen MR) is 72.3 cm³/mol. The van der Waals surface area contributed by atoms with Crippen LogP contribution in [-0.2, 0) is 4.79 Å². The van der Waals surface area contributed by atoms with Crippen molar-refractivity contribution in [3.05, 3.63) is 16.4 Å². The number of carboxylic acid groups (broad SMARTS) is 1. The second-order valence-corrected chi connectivity index (χ2v) is 4.98. The molecule has 0 amide bonds. The Hall–Kier alpha value is -2.45.